The lowest BCUT2D eigenvalue weighted by molar-refractivity contribution is 0.0672. The van der Waals surface area contributed by atoms with E-state index < -0.39 is 22.0 Å². The van der Waals surface area contributed by atoms with E-state index >= 15 is 0 Å². The lowest BCUT2D eigenvalue weighted by Crippen LogP contribution is -2.45. The number of aromatic nitrogens is 1. The van der Waals surface area contributed by atoms with Crippen LogP contribution in [0.5, 0.6) is 0 Å². The third kappa shape index (κ3) is 7.63. The third-order valence-corrected chi connectivity index (χ3v) is 9.80. The fourth-order valence-electron chi connectivity index (χ4n) is 6.01. The Bertz CT molecular complexity index is 1710. The van der Waals surface area contributed by atoms with Crippen LogP contribution < -0.4 is 4.72 Å². The molecule has 0 bridgehead atoms. The van der Waals surface area contributed by atoms with Crippen LogP contribution in [-0.2, 0) is 34.3 Å². The van der Waals surface area contributed by atoms with E-state index in [1.807, 2.05) is 72.2 Å². The highest BCUT2D eigenvalue weighted by atomic mass is 35.5. The van der Waals surface area contributed by atoms with Gasteiger partial charge >= 0.3 is 6.09 Å². The zero-order valence-electron chi connectivity index (χ0n) is 24.9. The molecule has 1 aromatic heterocycles. The van der Waals surface area contributed by atoms with Crippen LogP contribution in [0.4, 0.5) is 4.79 Å². The Morgan fingerprint density at radius 2 is 1.66 bits per heavy atom. The van der Waals surface area contributed by atoms with Crippen molar-refractivity contribution in [3.8, 4) is 0 Å². The van der Waals surface area contributed by atoms with E-state index in [1.165, 1.54) is 5.56 Å². The van der Waals surface area contributed by atoms with Crippen molar-refractivity contribution >= 4 is 44.5 Å². The van der Waals surface area contributed by atoms with Gasteiger partial charge in [-0.15, -0.1) is 0 Å². The van der Waals surface area contributed by atoms with Gasteiger partial charge in [-0.05, 0) is 68.2 Å². The fourth-order valence-corrected chi connectivity index (χ4v) is 7.35. The van der Waals surface area contributed by atoms with E-state index in [2.05, 4.69) is 16.9 Å². The highest BCUT2D eigenvalue weighted by Crippen LogP contribution is 2.32. The summed E-state index contributed by atoms with van der Waals surface area (Å²) in [5.41, 5.74) is 3.74. The molecule has 2 heterocycles. The summed E-state index contributed by atoms with van der Waals surface area (Å²) in [4.78, 5) is 28.2. The number of carbonyl (C=O) groups excluding carboxylic acids is 2. The quantitative estimate of drug-likeness (QED) is 0.194. The first-order valence-corrected chi connectivity index (χ1v) is 17.1. The van der Waals surface area contributed by atoms with Gasteiger partial charge in [-0.3, -0.25) is 4.79 Å². The zero-order valence-corrected chi connectivity index (χ0v) is 26.4. The smallest absolute Gasteiger partial charge is 0.410 e. The van der Waals surface area contributed by atoms with Gasteiger partial charge in [0, 0.05) is 24.5 Å². The summed E-state index contributed by atoms with van der Waals surface area (Å²) in [7, 11) is -4.00. The van der Waals surface area contributed by atoms with Crippen molar-refractivity contribution in [2.75, 3.05) is 12.3 Å². The van der Waals surface area contributed by atoms with Crippen LogP contribution in [0.1, 0.15) is 59.3 Å². The molecule has 1 aliphatic rings. The van der Waals surface area contributed by atoms with Crippen LogP contribution in [-0.4, -0.2) is 48.2 Å². The molecule has 1 N–H and O–H groups in total. The Kier molecular flexibility index (Phi) is 10.3. The maximum atomic E-state index is 13.6. The molecule has 8 nitrogen and oxygen atoms in total. The molecule has 2 amide bonds. The minimum atomic E-state index is -4.00. The highest BCUT2D eigenvalue weighted by Gasteiger charge is 2.30. The number of hydrogen-bond acceptors (Lipinski definition) is 5. The largest absolute Gasteiger partial charge is 0.445 e. The number of aryl methyl sites for hydroxylation is 3. The maximum absolute atomic E-state index is 13.6. The molecule has 10 heteroatoms. The minimum absolute atomic E-state index is 0.153. The number of rotatable bonds is 11. The molecule has 0 radical (unpaired) electrons. The van der Waals surface area contributed by atoms with Gasteiger partial charge in [0.1, 0.15) is 12.3 Å². The van der Waals surface area contributed by atoms with Crippen molar-refractivity contribution in [2.24, 2.45) is 0 Å². The van der Waals surface area contributed by atoms with Crippen LogP contribution in [0.3, 0.4) is 0 Å². The number of fused-ring (bicyclic) bond motifs is 1. The molecule has 232 valence electrons. The summed E-state index contributed by atoms with van der Waals surface area (Å²) < 4.78 is 36.2. The normalized spacial score (nSPS) is 15.3. The number of benzene rings is 3. The number of halogens is 1. The third-order valence-electron chi connectivity index (χ3n) is 8.23. The fraction of sp³-hybridized carbons (Fsp3) is 0.353. The number of hydrogen-bond donors (Lipinski definition) is 1. The summed E-state index contributed by atoms with van der Waals surface area (Å²) in [6.45, 7) is 2.97. The number of ether oxygens (including phenoxy) is 1. The van der Waals surface area contributed by atoms with Crippen molar-refractivity contribution in [1.82, 2.24) is 14.2 Å². The highest BCUT2D eigenvalue weighted by molar-refractivity contribution is 7.90. The van der Waals surface area contributed by atoms with Crippen LogP contribution in [0.2, 0.25) is 5.02 Å². The average molecular weight is 636 g/mol. The Balaban J connectivity index is 1.26. The summed E-state index contributed by atoms with van der Waals surface area (Å²) in [5.74, 6) is -0.975. The second kappa shape index (κ2) is 14.3. The Labute approximate surface area is 264 Å². The van der Waals surface area contributed by atoms with Gasteiger partial charge in [-0.25, -0.2) is 17.9 Å². The first-order chi connectivity index (χ1) is 21.2. The van der Waals surface area contributed by atoms with Crippen molar-refractivity contribution in [2.45, 2.75) is 64.6 Å². The standard InChI is InChI=1S/C34H38ClN3O5S/c1-25-29-18-10-19-30(35)32(29)38(22-11-16-26-12-4-2-5-13-26)31(25)33(39)36-44(41,42)23-20-28-17-8-9-21-37(28)34(40)43-24-27-14-6-3-7-15-27/h2-7,10,12-15,18-19,28H,8-9,11,16-17,20-24H2,1H3,(H,36,39)/t28-/m0/s1. The Morgan fingerprint density at radius 3 is 2.39 bits per heavy atom. The molecule has 5 rings (SSSR count). The van der Waals surface area contributed by atoms with Crippen molar-refractivity contribution in [3.63, 3.8) is 0 Å². The van der Waals surface area contributed by atoms with Crippen molar-refractivity contribution < 1.29 is 22.7 Å². The molecule has 0 spiro atoms. The number of nitrogens with zero attached hydrogens (tertiary/aromatic N) is 2. The van der Waals surface area contributed by atoms with E-state index in [9.17, 15) is 18.0 Å². The SMILES string of the molecule is Cc1c(C(=O)NS(=O)(=O)CC[C@@H]2CCCCN2C(=O)OCc2ccccc2)n(CCCc2ccccc2)c2c(Cl)cccc12. The van der Waals surface area contributed by atoms with Gasteiger partial charge in [-0.2, -0.15) is 0 Å². The molecule has 0 aliphatic carbocycles. The Morgan fingerprint density at radius 1 is 0.955 bits per heavy atom. The number of amides is 2. The number of para-hydroxylation sites is 1. The summed E-state index contributed by atoms with van der Waals surface area (Å²) in [6.07, 6.45) is 3.69. The number of carbonyl (C=O) groups is 2. The van der Waals surface area contributed by atoms with E-state index in [1.54, 1.807) is 11.0 Å². The summed E-state index contributed by atoms with van der Waals surface area (Å²) in [5, 5.41) is 1.32. The molecular formula is C34H38ClN3O5S. The lowest BCUT2D eigenvalue weighted by Gasteiger charge is -2.34. The van der Waals surface area contributed by atoms with Crippen LogP contribution in [0.25, 0.3) is 10.9 Å². The zero-order chi connectivity index (χ0) is 31.1. The van der Waals surface area contributed by atoms with Gasteiger partial charge in [-0.1, -0.05) is 84.4 Å². The van der Waals surface area contributed by atoms with Gasteiger partial charge in [0.05, 0.1) is 16.3 Å². The predicted molar refractivity (Wildman–Crippen MR) is 173 cm³/mol. The van der Waals surface area contributed by atoms with Crippen LogP contribution in [0.15, 0.2) is 78.9 Å². The molecule has 44 heavy (non-hydrogen) atoms. The van der Waals surface area contributed by atoms with E-state index in [0.717, 1.165) is 36.6 Å². The second-order valence-corrected chi connectivity index (χ2v) is 13.5. The molecule has 1 fully saturated rings. The lowest BCUT2D eigenvalue weighted by atomic mass is 10.0. The van der Waals surface area contributed by atoms with E-state index in [-0.39, 0.29) is 30.5 Å². The minimum Gasteiger partial charge on any atom is -0.445 e. The monoisotopic (exact) mass is 635 g/mol. The van der Waals surface area contributed by atoms with Crippen LogP contribution in [0, 0.1) is 6.92 Å². The molecule has 1 saturated heterocycles. The molecule has 3 aromatic carbocycles. The average Bonchev–Trinajstić information content (AvgIpc) is 3.32. The second-order valence-electron chi connectivity index (χ2n) is 11.3. The van der Waals surface area contributed by atoms with Crippen molar-refractivity contribution in [3.05, 3.63) is 106 Å². The van der Waals surface area contributed by atoms with Gasteiger partial charge in [0.2, 0.25) is 10.0 Å². The Hall–Kier alpha value is -3.82. The number of sulfonamides is 1. The van der Waals surface area contributed by atoms with E-state index in [4.69, 9.17) is 16.3 Å². The van der Waals surface area contributed by atoms with E-state index in [0.29, 0.717) is 35.6 Å². The first kappa shape index (κ1) is 31.6. The number of likely N-dealkylation sites (tertiary alicyclic amines) is 1. The van der Waals surface area contributed by atoms with Gasteiger partial charge in [0.25, 0.3) is 5.91 Å². The molecule has 1 aliphatic heterocycles. The number of piperidine rings is 1. The molecule has 1 atom stereocenters. The van der Waals surface area contributed by atoms with Crippen LogP contribution >= 0.6 is 11.6 Å². The molecule has 0 saturated carbocycles. The van der Waals surface area contributed by atoms with Crippen molar-refractivity contribution in [1.29, 1.82) is 0 Å². The first-order valence-electron chi connectivity index (χ1n) is 15.1. The molecule has 4 aromatic rings. The predicted octanol–water partition coefficient (Wildman–Crippen LogP) is 6.88. The molecular weight excluding hydrogens is 598 g/mol. The maximum Gasteiger partial charge on any atom is 0.410 e. The summed E-state index contributed by atoms with van der Waals surface area (Å²) >= 11 is 6.60. The number of nitrogens with one attached hydrogen (secondary N) is 1. The topological polar surface area (TPSA) is 97.7 Å². The van der Waals surface area contributed by atoms with Gasteiger partial charge in [0.15, 0.2) is 0 Å². The van der Waals surface area contributed by atoms with Gasteiger partial charge < -0.3 is 14.2 Å². The summed E-state index contributed by atoms with van der Waals surface area (Å²) in [6, 6.07) is 24.7. The molecule has 0 unspecified atom stereocenters.